The molecule has 112 valence electrons. The van der Waals surface area contributed by atoms with Gasteiger partial charge in [0.15, 0.2) is 0 Å². The Labute approximate surface area is 123 Å². The van der Waals surface area contributed by atoms with Crippen LogP contribution in [0, 0.1) is 11.8 Å². The average Bonchev–Trinajstić information content (AvgIpc) is 2.46. The molecule has 4 atom stereocenters. The van der Waals surface area contributed by atoms with Crippen LogP contribution in [0.4, 0.5) is 0 Å². The van der Waals surface area contributed by atoms with Crippen molar-refractivity contribution in [3.05, 3.63) is 24.0 Å². The maximum atomic E-state index is 6.09. The molecule has 0 aromatic carbocycles. The lowest BCUT2D eigenvalue weighted by molar-refractivity contribution is 0.100. The monoisotopic (exact) mass is 276 g/mol. The molecule has 0 radical (unpaired) electrons. The van der Waals surface area contributed by atoms with Crippen LogP contribution in [0.3, 0.4) is 0 Å². The van der Waals surface area contributed by atoms with Gasteiger partial charge in [0.25, 0.3) is 0 Å². The molecule has 20 heavy (non-hydrogen) atoms. The largest absolute Gasteiger partial charge is 0.489 e. The molecule has 1 aliphatic carbocycles. The van der Waals surface area contributed by atoms with E-state index in [9.17, 15) is 0 Å². The van der Waals surface area contributed by atoms with E-state index in [0.29, 0.717) is 12.1 Å². The molecule has 3 heteroatoms. The number of hydrogen-bond acceptors (Lipinski definition) is 3. The van der Waals surface area contributed by atoms with Crippen molar-refractivity contribution >= 4 is 0 Å². The van der Waals surface area contributed by atoms with E-state index in [4.69, 9.17) is 4.74 Å². The van der Waals surface area contributed by atoms with Gasteiger partial charge >= 0.3 is 0 Å². The zero-order chi connectivity index (χ0) is 14.5. The fraction of sp³-hybridized carbons (Fsp3) is 0.706. The van der Waals surface area contributed by atoms with Crippen LogP contribution in [0.5, 0.6) is 5.75 Å². The highest BCUT2D eigenvalue weighted by Gasteiger charge is 2.25. The lowest BCUT2D eigenvalue weighted by Crippen LogP contribution is -2.28. The molecule has 1 saturated carbocycles. The third-order valence-corrected chi connectivity index (χ3v) is 4.73. The van der Waals surface area contributed by atoms with Crippen molar-refractivity contribution in [2.24, 2.45) is 11.8 Å². The fourth-order valence-electron chi connectivity index (χ4n) is 3.03. The van der Waals surface area contributed by atoms with Crippen molar-refractivity contribution < 1.29 is 4.74 Å². The highest BCUT2D eigenvalue weighted by Crippen LogP contribution is 2.31. The van der Waals surface area contributed by atoms with Gasteiger partial charge in [0, 0.05) is 6.04 Å². The molecule has 1 fully saturated rings. The first-order chi connectivity index (χ1) is 9.63. The van der Waals surface area contributed by atoms with Gasteiger partial charge < -0.3 is 10.1 Å². The SMILES string of the molecule is CCC(NC)c1ccc(OC2CCC(C)C(C)C2)cn1. The highest BCUT2D eigenvalue weighted by atomic mass is 16.5. The van der Waals surface area contributed by atoms with Crippen molar-refractivity contribution in [1.82, 2.24) is 10.3 Å². The van der Waals surface area contributed by atoms with E-state index in [1.807, 2.05) is 13.2 Å². The summed E-state index contributed by atoms with van der Waals surface area (Å²) in [7, 11) is 1.98. The normalized spacial score (nSPS) is 28.1. The number of pyridine rings is 1. The number of hydrogen-bond donors (Lipinski definition) is 1. The first-order valence-electron chi connectivity index (χ1n) is 7.93. The Morgan fingerprint density at radius 1 is 1.30 bits per heavy atom. The molecule has 1 aliphatic rings. The van der Waals surface area contributed by atoms with Crippen molar-refractivity contribution in [3.63, 3.8) is 0 Å². The minimum Gasteiger partial charge on any atom is -0.489 e. The van der Waals surface area contributed by atoms with E-state index >= 15 is 0 Å². The van der Waals surface area contributed by atoms with Gasteiger partial charge in [0.2, 0.25) is 0 Å². The molecule has 0 spiro atoms. The van der Waals surface area contributed by atoms with Gasteiger partial charge in [-0.3, -0.25) is 4.98 Å². The van der Waals surface area contributed by atoms with Gasteiger partial charge in [-0.25, -0.2) is 0 Å². The molecule has 2 rings (SSSR count). The quantitative estimate of drug-likeness (QED) is 0.884. The second kappa shape index (κ2) is 7.07. The highest BCUT2D eigenvalue weighted by molar-refractivity contribution is 5.22. The summed E-state index contributed by atoms with van der Waals surface area (Å²) < 4.78 is 6.09. The molecule has 1 aromatic heterocycles. The second-order valence-corrected chi connectivity index (χ2v) is 6.18. The van der Waals surface area contributed by atoms with E-state index in [1.54, 1.807) is 0 Å². The van der Waals surface area contributed by atoms with E-state index < -0.39 is 0 Å². The molecule has 3 nitrogen and oxygen atoms in total. The molecular weight excluding hydrogens is 248 g/mol. The van der Waals surface area contributed by atoms with E-state index in [2.05, 4.69) is 43.2 Å². The summed E-state index contributed by atoms with van der Waals surface area (Å²) in [6.07, 6.45) is 6.88. The summed E-state index contributed by atoms with van der Waals surface area (Å²) in [5.74, 6) is 2.50. The first-order valence-corrected chi connectivity index (χ1v) is 7.93. The van der Waals surface area contributed by atoms with Crippen molar-refractivity contribution in [1.29, 1.82) is 0 Å². The van der Waals surface area contributed by atoms with Crippen molar-refractivity contribution in [2.75, 3.05) is 7.05 Å². The summed E-state index contributed by atoms with van der Waals surface area (Å²) in [5, 5.41) is 3.28. The van der Waals surface area contributed by atoms with Crippen LogP contribution in [0.2, 0.25) is 0 Å². The third-order valence-electron chi connectivity index (χ3n) is 4.73. The summed E-state index contributed by atoms with van der Waals surface area (Å²) in [4.78, 5) is 4.53. The summed E-state index contributed by atoms with van der Waals surface area (Å²) >= 11 is 0. The standard InChI is InChI=1S/C17H28N2O/c1-5-16(18-4)17-9-8-15(11-19-17)20-14-7-6-12(2)13(3)10-14/h8-9,11-14,16,18H,5-7,10H2,1-4H3. The Bertz CT molecular complexity index is 400. The van der Waals surface area contributed by atoms with Crippen LogP contribution in [0.15, 0.2) is 18.3 Å². The van der Waals surface area contributed by atoms with Crippen LogP contribution in [-0.2, 0) is 0 Å². The zero-order valence-corrected chi connectivity index (χ0v) is 13.2. The second-order valence-electron chi connectivity index (χ2n) is 6.18. The molecule has 0 bridgehead atoms. The lowest BCUT2D eigenvalue weighted by Gasteiger charge is -2.32. The molecule has 0 aliphatic heterocycles. The van der Waals surface area contributed by atoms with Crippen LogP contribution in [0.1, 0.15) is 58.2 Å². The summed E-state index contributed by atoms with van der Waals surface area (Å²) in [6, 6.07) is 4.47. The smallest absolute Gasteiger partial charge is 0.138 e. The van der Waals surface area contributed by atoms with Crippen LogP contribution in [0.25, 0.3) is 0 Å². The number of nitrogens with zero attached hydrogens (tertiary/aromatic N) is 1. The number of aromatic nitrogens is 1. The first kappa shape index (κ1) is 15.3. The molecule has 0 saturated heterocycles. The Balaban J connectivity index is 1.94. The van der Waals surface area contributed by atoms with Gasteiger partial charge in [0.1, 0.15) is 5.75 Å². The third kappa shape index (κ3) is 3.72. The van der Waals surface area contributed by atoms with Gasteiger partial charge in [-0.15, -0.1) is 0 Å². The minimum absolute atomic E-state index is 0.333. The maximum Gasteiger partial charge on any atom is 0.138 e. The topological polar surface area (TPSA) is 34.1 Å². The zero-order valence-electron chi connectivity index (χ0n) is 13.2. The van der Waals surface area contributed by atoms with E-state index in [-0.39, 0.29) is 0 Å². The van der Waals surface area contributed by atoms with Gasteiger partial charge in [-0.05, 0) is 56.7 Å². The molecule has 1 heterocycles. The van der Waals surface area contributed by atoms with Crippen LogP contribution < -0.4 is 10.1 Å². The molecule has 1 aromatic rings. The van der Waals surface area contributed by atoms with Crippen LogP contribution in [-0.4, -0.2) is 18.1 Å². The number of ether oxygens (including phenoxy) is 1. The van der Waals surface area contributed by atoms with Gasteiger partial charge in [0.05, 0.1) is 18.0 Å². The predicted octanol–water partition coefficient (Wildman–Crippen LogP) is 3.96. The molecular formula is C17H28N2O. The Morgan fingerprint density at radius 3 is 2.65 bits per heavy atom. The van der Waals surface area contributed by atoms with Crippen LogP contribution >= 0.6 is 0 Å². The van der Waals surface area contributed by atoms with Crippen molar-refractivity contribution in [3.8, 4) is 5.75 Å². The minimum atomic E-state index is 0.333. The number of nitrogens with one attached hydrogen (secondary N) is 1. The summed E-state index contributed by atoms with van der Waals surface area (Å²) in [6.45, 7) is 6.85. The maximum absolute atomic E-state index is 6.09. The summed E-state index contributed by atoms with van der Waals surface area (Å²) in [5.41, 5.74) is 1.09. The van der Waals surface area contributed by atoms with Crippen molar-refractivity contribution in [2.45, 2.75) is 58.6 Å². The molecule has 1 N–H and O–H groups in total. The lowest BCUT2D eigenvalue weighted by atomic mass is 9.80. The van der Waals surface area contributed by atoms with Gasteiger partial charge in [-0.2, -0.15) is 0 Å². The number of rotatable bonds is 5. The van der Waals surface area contributed by atoms with E-state index in [0.717, 1.165) is 36.1 Å². The average molecular weight is 276 g/mol. The molecule has 4 unspecified atom stereocenters. The Morgan fingerprint density at radius 2 is 2.10 bits per heavy atom. The van der Waals surface area contributed by atoms with E-state index in [1.165, 1.54) is 12.8 Å². The molecule has 0 amide bonds. The predicted molar refractivity (Wildman–Crippen MR) is 82.9 cm³/mol. The van der Waals surface area contributed by atoms with Gasteiger partial charge in [-0.1, -0.05) is 20.8 Å². The Kier molecular flexibility index (Phi) is 5.41. The fourth-order valence-corrected chi connectivity index (χ4v) is 3.03. The Hall–Kier alpha value is -1.09.